The highest BCUT2D eigenvalue weighted by Gasteiger charge is 2.20. The molecule has 12 heteroatoms. The summed E-state index contributed by atoms with van der Waals surface area (Å²) in [6.07, 6.45) is 3.90. The summed E-state index contributed by atoms with van der Waals surface area (Å²) in [5, 5.41) is 27.4. The molecule has 12 nitrogen and oxygen atoms in total. The summed E-state index contributed by atoms with van der Waals surface area (Å²) in [6, 6.07) is -0.741. The van der Waals surface area contributed by atoms with Crippen LogP contribution in [-0.2, 0) is 14.4 Å². The zero-order valence-electron chi connectivity index (χ0n) is 18.6. The standard InChI is InChI=1S/C19H36N7O5/c1-14(2)10-13-22-18(29)16(8-7-12-23-19(20)25-26(30)31)24-17(28)9-5-4-6-11-21-15(3)27/h13-14,16H,4-12H2,1-3H3,(H,21,27)(H,22,29)(H,24,28)(H3,20,23,25)/t16-/m0/s1. The summed E-state index contributed by atoms with van der Waals surface area (Å²) in [5.74, 6) is -0.702. The lowest BCUT2D eigenvalue weighted by atomic mass is 10.1. The number of rotatable bonds is 16. The fraction of sp³-hybridized carbons (Fsp3) is 0.737. The summed E-state index contributed by atoms with van der Waals surface area (Å²) in [5.41, 5.74) is 1.69. The number of carbonyl (C=O) groups excluding carboxylic acids is 3. The maximum atomic E-state index is 12.5. The number of hydrazine groups is 1. The van der Waals surface area contributed by atoms with Gasteiger partial charge in [-0.05, 0) is 38.0 Å². The average molecular weight is 443 g/mol. The first-order valence-electron chi connectivity index (χ1n) is 10.5. The van der Waals surface area contributed by atoms with Crippen LogP contribution in [0.25, 0.3) is 0 Å². The normalized spacial score (nSPS) is 11.4. The molecule has 0 spiro atoms. The van der Waals surface area contributed by atoms with E-state index in [9.17, 15) is 24.5 Å². The molecule has 1 atom stereocenters. The molecule has 0 aliphatic rings. The number of carbonyl (C=O) groups is 3. The van der Waals surface area contributed by atoms with Crippen LogP contribution in [0.1, 0.15) is 65.7 Å². The van der Waals surface area contributed by atoms with Crippen LogP contribution >= 0.6 is 0 Å². The molecule has 0 aromatic carbocycles. The molecule has 3 amide bonds. The Bertz CT molecular complexity index is 598. The first-order valence-corrected chi connectivity index (χ1v) is 10.5. The topological polar surface area (TPSA) is 178 Å². The second-order valence-electron chi connectivity index (χ2n) is 7.57. The van der Waals surface area contributed by atoms with Gasteiger partial charge in [-0.25, -0.2) is 10.1 Å². The Kier molecular flexibility index (Phi) is 15.2. The van der Waals surface area contributed by atoms with Gasteiger partial charge in [0.1, 0.15) is 6.04 Å². The van der Waals surface area contributed by atoms with E-state index in [1.807, 2.05) is 13.8 Å². The van der Waals surface area contributed by atoms with Crippen LogP contribution in [0.2, 0.25) is 0 Å². The van der Waals surface area contributed by atoms with Crippen LogP contribution in [0.4, 0.5) is 0 Å². The predicted octanol–water partition coefficient (Wildman–Crippen LogP) is 0.578. The van der Waals surface area contributed by atoms with Gasteiger partial charge in [0, 0.05) is 33.0 Å². The molecular weight excluding hydrogens is 406 g/mol. The summed E-state index contributed by atoms with van der Waals surface area (Å²) in [4.78, 5) is 45.8. The summed E-state index contributed by atoms with van der Waals surface area (Å²) in [7, 11) is 0. The van der Waals surface area contributed by atoms with Crippen molar-refractivity contribution in [3.63, 3.8) is 0 Å². The van der Waals surface area contributed by atoms with E-state index >= 15 is 0 Å². The second kappa shape index (κ2) is 16.8. The zero-order valence-corrected chi connectivity index (χ0v) is 18.6. The molecule has 0 rings (SSSR count). The Balaban J connectivity index is 4.43. The third-order valence-corrected chi connectivity index (χ3v) is 4.11. The third-order valence-electron chi connectivity index (χ3n) is 4.11. The van der Waals surface area contributed by atoms with Crippen molar-refractivity contribution >= 4 is 23.7 Å². The van der Waals surface area contributed by atoms with Gasteiger partial charge >= 0.3 is 0 Å². The Morgan fingerprint density at radius 2 is 1.74 bits per heavy atom. The SMILES string of the molecule is CC(=O)NCCCCCC(=O)N[C@@H](CCCNC(=N)N[N+](=O)[O-])C(=O)N[CH]CC(C)C. The maximum Gasteiger partial charge on any atom is 0.251 e. The second-order valence-corrected chi connectivity index (χ2v) is 7.57. The lowest BCUT2D eigenvalue weighted by Gasteiger charge is -2.19. The molecule has 0 bridgehead atoms. The van der Waals surface area contributed by atoms with Crippen LogP contribution in [0.15, 0.2) is 0 Å². The molecule has 6 N–H and O–H groups in total. The van der Waals surface area contributed by atoms with Crippen molar-refractivity contribution in [3.05, 3.63) is 16.7 Å². The van der Waals surface area contributed by atoms with E-state index in [1.54, 1.807) is 12.0 Å². The Morgan fingerprint density at radius 3 is 2.35 bits per heavy atom. The van der Waals surface area contributed by atoms with E-state index in [0.29, 0.717) is 38.1 Å². The minimum absolute atomic E-state index is 0.0836. The van der Waals surface area contributed by atoms with Crippen molar-refractivity contribution in [2.24, 2.45) is 5.92 Å². The van der Waals surface area contributed by atoms with Crippen LogP contribution in [0.3, 0.4) is 0 Å². The van der Waals surface area contributed by atoms with Crippen molar-refractivity contribution in [2.45, 2.75) is 71.8 Å². The van der Waals surface area contributed by atoms with Crippen molar-refractivity contribution < 1.29 is 19.4 Å². The molecule has 0 heterocycles. The quantitative estimate of drug-likeness (QED) is 0.0665. The molecule has 31 heavy (non-hydrogen) atoms. The molecule has 0 aliphatic heterocycles. The van der Waals surface area contributed by atoms with Gasteiger partial charge < -0.3 is 21.3 Å². The first-order chi connectivity index (χ1) is 14.6. The van der Waals surface area contributed by atoms with E-state index in [-0.39, 0.29) is 30.7 Å². The monoisotopic (exact) mass is 442 g/mol. The lowest BCUT2D eigenvalue weighted by Crippen LogP contribution is -2.46. The number of unbranched alkanes of at least 4 members (excludes halogenated alkanes) is 2. The van der Waals surface area contributed by atoms with Gasteiger partial charge in [-0.2, -0.15) is 0 Å². The van der Waals surface area contributed by atoms with Crippen molar-refractivity contribution in [2.75, 3.05) is 13.1 Å². The van der Waals surface area contributed by atoms with Crippen LogP contribution in [0, 0.1) is 28.0 Å². The summed E-state index contributed by atoms with van der Waals surface area (Å²) < 4.78 is 0. The number of nitro groups is 1. The van der Waals surface area contributed by atoms with Gasteiger partial charge in [0.2, 0.25) is 17.7 Å². The number of hydrogen-bond donors (Lipinski definition) is 6. The smallest absolute Gasteiger partial charge is 0.251 e. The summed E-state index contributed by atoms with van der Waals surface area (Å²) >= 11 is 0. The maximum absolute atomic E-state index is 12.5. The number of nitrogens with zero attached hydrogens (tertiary/aromatic N) is 1. The molecule has 1 radical (unpaired) electrons. The van der Waals surface area contributed by atoms with Crippen LogP contribution < -0.4 is 26.7 Å². The molecular formula is C19H36N7O5. The minimum atomic E-state index is -0.841. The first kappa shape index (κ1) is 28.1. The van der Waals surface area contributed by atoms with Gasteiger partial charge in [0.15, 0.2) is 5.03 Å². The highest BCUT2D eigenvalue weighted by molar-refractivity contribution is 5.87. The van der Waals surface area contributed by atoms with Crippen LogP contribution in [-0.4, -0.2) is 47.8 Å². The van der Waals surface area contributed by atoms with Crippen molar-refractivity contribution in [1.29, 1.82) is 5.41 Å². The molecule has 0 unspecified atom stereocenters. The van der Waals surface area contributed by atoms with E-state index in [0.717, 1.165) is 12.8 Å². The predicted molar refractivity (Wildman–Crippen MR) is 116 cm³/mol. The van der Waals surface area contributed by atoms with E-state index < -0.39 is 17.0 Å². The highest BCUT2D eigenvalue weighted by Crippen LogP contribution is 2.04. The van der Waals surface area contributed by atoms with Crippen molar-refractivity contribution in [3.8, 4) is 0 Å². The number of guanidine groups is 1. The highest BCUT2D eigenvalue weighted by atomic mass is 16.7. The molecule has 0 fully saturated rings. The third kappa shape index (κ3) is 17.6. The summed E-state index contributed by atoms with van der Waals surface area (Å²) in [6.45, 7) is 7.97. The van der Waals surface area contributed by atoms with Crippen molar-refractivity contribution in [1.82, 2.24) is 26.7 Å². The number of nitrogens with one attached hydrogen (secondary N) is 6. The number of amides is 3. The zero-order chi connectivity index (χ0) is 23.6. The van der Waals surface area contributed by atoms with E-state index in [1.165, 1.54) is 6.92 Å². The molecule has 0 aliphatic carbocycles. The molecule has 0 saturated carbocycles. The minimum Gasteiger partial charge on any atom is -0.356 e. The molecule has 0 aromatic rings. The Morgan fingerprint density at radius 1 is 1.06 bits per heavy atom. The fourth-order valence-corrected chi connectivity index (χ4v) is 2.53. The van der Waals surface area contributed by atoms with Gasteiger partial charge in [-0.3, -0.25) is 19.8 Å². The molecule has 177 valence electrons. The van der Waals surface area contributed by atoms with Gasteiger partial charge in [-0.15, -0.1) is 0 Å². The Hall–Kier alpha value is -2.92. The lowest BCUT2D eigenvalue weighted by molar-refractivity contribution is -0.525. The van der Waals surface area contributed by atoms with Gasteiger partial charge in [0.25, 0.3) is 5.96 Å². The average Bonchev–Trinajstić information content (AvgIpc) is 2.65. The van der Waals surface area contributed by atoms with E-state index in [2.05, 4.69) is 21.3 Å². The fourth-order valence-electron chi connectivity index (χ4n) is 2.53. The number of hydrogen-bond acceptors (Lipinski definition) is 6. The Labute approximate surface area is 183 Å². The van der Waals surface area contributed by atoms with Gasteiger partial charge in [0.05, 0.1) is 0 Å². The van der Waals surface area contributed by atoms with Gasteiger partial charge in [-0.1, -0.05) is 25.7 Å². The molecule has 0 aromatic heterocycles. The largest absolute Gasteiger partial charge is 0.356 e. The van der Waals surface area contributed by atoms with Crippen LogP contribution in [0.5, 0.6) is 0 Å². The molecule has 0 saturated heterocycles. The van der Waals surface area contributed by atoms with E-state index in [4.69, 9.17) is 5.41 Å².